The number of aliphatic hydroxyl groups excluding tert-OH is 2. The van der Waals surface area contributed by atoms with Crippen molar-refractivity contribution in [1.29, 1.82) is 0 Å². The summed E-state index contributed by atoms with van der Waals surface area (Å²) in [4.78, 5) is 10.3. The van der Waals surface area contributed by atoms with Gasteiger partial charge in [-0.3, -0.25) is 10.1 Å². The van der Waals surface area contributed by atoms with Gasteiger partial charge in [-0.1, -0.05) is 28.1 Å². The minimum absolute atomic E-state index is 0.136. The molecule has 2 unspecified atom stereocenters. The Balaban J connectivity index is 3.22. The van der Waals surface area contributed by atoms with Gasteiger partial charge in [-0.15, -0.1) is 0 Å². The molecular weight excluding hydrogens is 278 g/mol. The summed E-state index contributed by atoms with van der Waals surface area (Å²) in [6.45, 7) is 1.59. The number of nitro benzene ring substituents is 1. The number of aliphatic hydroxyl groups is 2. The highest BCUT2D eigenvalue weighted by molar-refractivity contribution is 9.09. The van der Waals surface area contributed by atoms with Crippen LogP contribution in [0.1, 0.15) is 17.2 Å². The van der Waals surface area contributed by atoms with Crippen molar-refractivity contribution in [2.75, 3.05) is 5.33 Å². The summed E-state index contributed by atoms with van der Waals surface area (Å²) in [6.07, 6.45) is -2.33. The fourth-order valence-corrected chi connectivity index (χ4v) is 1.82. The first-order valence-electron chi connectivity index (χ1n) is 4.65. The minimum Gasteiger partial charge on any atom is -0.389 e. The van der Waals surface area contributed by atoms with Crippen molar-refractivity contribution < 1.29 is 15.1 Å². The Morgan fingerprint density at radius 1 is 1.50 bits per heavy atom. The molecule has 2 N–H and O–H groups in total. The molecule has 0 saturated heterocycles. The molecule has 6 heteroatoms. The molecule has 1 rings (SSSR count). The van der Waals surface area contributed by atoms with Crippen molar-refractivity contribution in [2.45, 2.75) is 19.1 Å². The van der Waals surface area contributed by atoms with Crippen LogP contribution in [0.25, 0.3) is 0 Å². The topological polar surface area (TPSA) is 83.6 Å². The van der Waals surface area contributed by atoms with Crippen LogP contribution in [-0.2, 0) is 0 Å². The lowest BCUT2D eigenvalue weighted by molar-refractivity contribution is -0.386. The Hall–Kier alpha value is -0.980. The molecule has 0 aliphatic rings. The molecule has 0 amide bonds. The average molecular weight is 290 g/mol. The van der Waals surface area contributed by atoms with E-state index in [-0.39, 0.29) is 16.6 Å². The first-order valence-corrected chi connectivity index (χ1v) is 5.77. The molecule has 16 heavy (non-hydrogen) atoms. The second-order valence-corrected chi connectivity index (χ2v) is 4.08. The number of alkyl halides is 1. The van der Waals surface area contributed by atoms with Crippen molar-refractivity contribution in [3.05, 3.63) is 39.4 Å². The van der Waals surface area contributed by atoms with Crippen LogP contribution in [0.2, 0.25) is 0 Å². The van der Waals surface area contributed by atoms with Crippen molar-refractivity contribution in [3.8, 4) is 0 Å². The number of halogens is 1. The number of hydrogen-bond acceptors (Lipinski definition) is 4. The van der Waals surface area contributed by atoms with Gasteiger partial charge in [-0.25, -0.2) is 0 Å². The van der Waals surface area contributed by atoms with E-state index >= 15 is 0 Å². The molecule has 0 heterocycles. The predicted molar refractivity (Wildman–Crippen MR) is 62.6 cm³/mol. The first-order chi connectivity index (χ1) is 7.49. The zero-order valence-corrected chi connectivity index (χ0v) is 10.2. The van der Waals surface area contributed by atoms with Crippen LogP contribution >= 0.6 is 15.9 Å². The summed E-state index contributed by atoms with van der Waals surface area (Å²) >= 11 is 3.01. The van der Waals surface area contributed by atoms with Gasteiger partial charge in [-0.05, 0) is 13.0 Å². The molecule has 0 bridgehead atoms. The zero-order valence-electron chi connectivity index (χ0n) is 8.63. The number of hydrogen-bond donors (Lipinski definition) is 2. The fraction of sp³-hybridized carbons (Fsp3) is 0.400. The highest BCUT2D eigenvalue weighted by atomic mass is 79.9. The number of benzene rings is 1. The van der Waals surface area contributed by atoms with Crippen LogP contribution in [0, 0.1) is 17.0 Å². The van der Waals surface area contributed by atoms with Gasteiger partial charge in [0.2, 0.25) is 0 Å². The summed E-state index contributed by atoms with van der Waals surface area (Å²) in [5, 5.41) is 30.2. The van der Waals surface area contributed by atoms with E-state index in [4.69, 9.17) is 0 Å². The van der Waals surface area contributed by atoms with Crippen LogP contribution in [0.4, 0.5) is 5.69 Å². The average Bonchev–Trinajstić information content (AvgIpc) is 2.26. The highest BCUT2D eigenvalue weighted by Gasteiger charge is 2.26. The summed E-state index contributed by atoms with van der Waals surface area (Å²) in [6, 6.07) is 4.65. The smallest absolute Gasteiger partial charge is 0.278 e. The van der Waals surface area contributed by atoms with Gasteiger partial charge in [0.05, 0.1) is 16.6 Å². The molecule has 0 saturated carbocycles. The maximum atomic E-state index is 10.9. The third-order valence-corrected chi connectivity index (χ3v) is 2.96. The van der Waals surface area contributed by atoms with Gasteiger partial charge in [0.1, 0.15) is 6.10 Å². The SMILES string of the molecule is Cc1cccc(C(O)C(O)CBr)c1[N+](=O)[O-]. The highest BCUT2D eigenvalue weighted by Crippen LogP contribution is 2.30. The zero-order chi connectivity index (χ0) is 12.3. The lowest BCUT2D eigenvalue weighted by Gasteiger charge is -2.16. The van der Waals surface area contributed by atoms with E-state index in [9.17, 15) is 20.3 Å². The summed E-state index contributed by atoms with van der Waals surface area (Å²) in [5.41, 5.74) is 0.454. The minimum atomic E-state index is -1.26. The van der Waals surface area contributed by atoms with Gasteiger partial charge in [-0.2, -0.15) is 0 Å². The van der Waals surface area contributed by atoms with E-state index in [1.54, 1.807) is 19.1 Å². The summed E-state index contributed by atoms with van der Waals surface area (Å²) in [5.74, 6) is 0. The van der Waals surface area contributed by atoms with Crippen LogP contribution in [-0.4, -0.2) is 26.6 Å². The Kier molecular flexibility index (Phi) is 4.40. The lowest BCUT2D eigenvalue weighted by atomic mass is 10.0. The Labute approximate surface area is 101 Å². The second kappa shape index (κ2) is 5.38. The van der Waals surface area contributed by atoms with Gasteiger partial charge in [0.15, 0.2) is 0 Å². The third kappa shape index (κ3) is 2.58. The van der Waals surface area contributed by atoms with Crippen LogP contribution < -0.4 is 0 Å². The summed E-state index contributed by atoms with van der Waals surface area (Å²) in [7, 11) is 0. The van der Waals surface area contributed by atoms with E-state index in [0.29, 0.717) is 5.56 Å². The maximum absolute atomic E-state index is 10.9. The van der Waals surface area contributed by atoms with Crippen molar-refractivity contribution in [3.63, 3.8) is 0 Å². The monoisotopic (exact) mass is 289 g/mol. The molecular formula is C10H12BrNO4. The van der Waals surface area contributed by atoms with Crippen molar-refractivity contribution in [2.24, 2.45) is 0 Å². The maximum Gasteiger partial charge on any atom is 0.278 e. The Morgan fingerprint density at radius 2 is 2.12 bits per heavy atom. The van der Waals surface area contributed by atoms with Crippen LogP contribution in [0.3, 0.4) is 0 Å². The number of para-hydroxylation sites is 1. The normalized spacial score (nSPS) is 14.5. The van der Waals surface area contributed by atoms with Crippen molar-refractivity contribution >= 4 is 21.6 Å². The second-order valence-electron chi connectivity index (χ2n) is 3.44. The first kappa shape index (κ1) is 13.1. The van der Waals surface area contributed by atoms with E-state index in [1.807, 2.05) is 0 Å². The van der Waals surface area contributed by atoms with E-state index in [2.05, 4.69) is 15.9 Å². The fourth-order valence-electron chi connectivity index (χ4n) is 1.46. The number of aryl methyl sites for hydroxylation is 1. The van der Waals surface area contributed by atoms with Gasteiger partial charge in [0.25, 0.3) is 5.69 Å². The number of nitro groups is 1. The molecule has 0 aliphatic carbocycles. The predicted octanol–water partition coefficient (Wildman–Crippen LogP) is 1.69. The standard InChI is InChI=1S/C10H12BrNO4/c1-6-3-2-4-7(9(6)12(15)16)10(14)8(13)5-11/h2-4,8,10,13-14H,5H2,1H3. The van der Waals surface area contributed by atoms with Gasteiger partial charge < -0.3 is 10.2 Å². The molecule has 0 aromatic heterocycles. The molecule has 1 aromatic rings. The van der Waals surface area contributed by atoms with E-state index < -0.39 is 17.1 Å². The Morgan fingerprint density at radius 3 is 2.62 bits per heavy atom. The number of nitrogens with zero attached hydrogens (tertiary/aromatic N) is 1. The molecule has 88 valence electrons. The van der Waals surface area contributed by atoms with E-state index in [1.165, 1.54) is 6.07 Å². The van der Waals surface area contributed by atoms with Crippen LogP contribution in [0.15, 0.2) is 18.2 Å². The molecule has 1 aromatic carbocycles. The molecule has 0 radical (unpaired) electrons. The molecule has 0 fully saturated rings. The summed E-state index contributed by atoms with van der Waals surface area (Å²) < 4.78 is 0. The molecule has 0 spiro atoms. The third-order valence-electron chi connectivity index (χ3n) is 2.29. The van der Waals surface area contributed by atoms with Crippen molar-refractivity contribution in [1.82, 2.24) is 0 Å². The molecule has 2 atom stereocenters. The molecule has 0 aliphatic heterocycles. The number of rotatable bonds is 4. The lowest BCUT2D eigenvalue weighted by Crippen LogP contribution is -2.20. The van der Waals surface area contributed by atoms with Gasteiger partial charge >= 0.3 is 0 Å². The Bertz CT molecular complexity index is 396. The van der Waals surface area contributed by atoms with Crippen LogP contribution in [0.5, 0.6) is 0 Å². The quantitative estimate of drug-likeness (QED) is 0.502. The van der Waals surface area contributed by atoms with E-state index in [0.717, 1.165) is 0 Å². The molecule has 5 nitrogen and oxygen atoms in total. The van der Waals surface area contributed by atoms with Gasteiger partial charge in [0, 0.05) is 10.9 Å². The largest absolute Gasteiger partial charge is 0.389 e.